The van der Waals surface area contributed by atoms with E-state index in [0.717, 1.165) is 25.5 Å². The molecule has 1 aromatic rings. The van der Waals surface area contributed by atoms with Crippen LogP contribution in [0.1, 0.15) is 36.2 Å². The Kier molecular flexibility index (Phi) is 4.47. The maximum Gasteiger partial charge on any atom is 0.272 e. The third-order valence-corrected chi connectivity index (χ3v) is 3.94. The van der Waals surface area contributed by atoms with Gasteiger partial charge in [0.1, 0.15) is 11.5 Å². The van der Waals surface area contributed by atoms with Gasteiger partial charge in [-0.3, -0.25) is 4.79 Å². The molecule has 1 saturated carbocycles. The number of carbonyl (C=O) groups excluding carboxylic acids is 1. The van der Waals surface area contributed by atoms with E-state index in [1.54, 1.807) is 11.9 Å². The highest BCUT2D eigenvalue weighted by atomic mass is 19.1. The zero-order chi connectivity index (χ0) is 13.8. The minimum atomic E-state index is -0.434. The summed E-state index contributed by atoms with van der Waals surface area (Å²) in [4.78, 5) is 17.9. The number of carbonyl (C=O) groups is 1. The first-order chi connectivity index (χ1) is 9.13. The molecule has 0 radical (unpaired) electrons. The lowest BCUT2D eigenvalue weighted by atomic mass is 9.83. The summed E-state index contributed by atoms with van der Waals surface area (Å²) < 4.78 is 12.8. The molecule has 104 valence electrons. The smallest absolute Gasteiger partial charge is 0.272 e. The Labute approximate surface area is 112 Å². The summed E-state index contributed by atoms with van der Waals surface area (Å²) in [5.41, 5.74) is 6.07. The van der Waals surface area contributed by atoms with Gasteiger partial charge in [-0.05, 0) is 37.4 Å². The molecule has 4 nitrogen and oxygen atoms in total. The Hall–Kier alpha value is -1.49. The molecule has 1 aromatic heterocycles. The minimum absolute atomic E-state index is 0.162. The summed E-state index contributed by atoms with van der Waals surface area (Å²) in [7, 11) is 1.78. The van der Waals surface area contributed by atoms with E-state index in [9.17, 15) is 9.18 Å². The van der Waals surface area contributed by atoms with E-state index in [1.807, 2.05) is 0 Å². The van der Waals surface area contributed by atoms with E-state index in [4.69, 9.17) is 5.73 Å². The summed E-state index contributed by atoms with van der Waals surface area (Å²) in [6.45, 7) is 0.596. The fraction of sp³-hybridized carbons (Fsp3) is 0.571. The highest BCUT2D eigenvalue weighted by molar-refractivity contribution is 5.92. The van der Waals surface area contributed by atoms with Crippen LogP contribution in [-0.2, 0) is 0 Å². The molecule has 0 aliphatic heterocycles. The van der Waals surface area contributed by atoms with Crippen molar-refractivity contribution in [1.82, 2.24) is 9.88 Å². The van der Waals surface area contributed by atoms with E-state index >= 15 is 0 Å². The average Bonchev–Trinajstić information content (AvgIpc) is 2.46. The van der Waals surface area contributed by atoms with Crippen LogP contribution in [0.5, 0.6) is 0 Å². The van der Waals surface area contributed by atoms with Crippen LogP contribution in [0.2, 0.25) is 0 Å². The molecule has 19 heavy (non-hydrogen) atoms. The number of amides is 1. The van der Waals surface area contributed by atoms with Gasteiger partial charge in [0.05, 0.1) is 6.20 Å². The molecule has 0 aromatic carbocycles. The summed E-state index contributed by atoms with van der Waals surface area (Å²) in [6, 6.07) is 2.85. The summed E-state index contributed by atoms with van der Waals surface area (Å²) in [5.74, 6) is -0.245. The lowest BCUT2D eigenvalue weighted by Gasteiger charge is -2.37. The van der Waals surface area contributed by atoms with Gasteiger partial charge >= 0.3 is 0 Å². The van der Waals surface area contributed by atoms with Crippen LogP contribution in [0.25, 0.3) is 0 Å². The average molecular weight is 265 g/mol. The molecule has 1 aliphatic rings. The first-order valence-corrected chi connectivity index (χ1v) is 6.72. The molecule has 2 atom stereocenters. The largest absolute Gasteiger partial charge is 0.337 e. The van der Waals surface area contributed by atoms with E-state index in [-0.39, 0.29) is 17.6 Å². The standard InChI is InChI=1S/C14H20FN3O/c1-18(13-5-3-2-4-10(13)8-16)14(19)12-7-6-11(15)9-17-12/h6-7,9-10,13H,2-5,8,16H2,1H3. The molecule has 2 unspecified atom stereocenters. The first-order valence-electron chi connectivity index (χ1n) is 6.72. The van der Waals surface area contributed by atoms with E-state index in [1.165, 1.54) is 18.6 Å². The van der Waals surface area contributed by atoms with Crippen molar-refractivity contribution in [1.29, 1.82) is 0 Å². The van der Waals surface area contributed by atoms with Crippen LogP contribution in [0.3, 0.4) is 0 Å². The predicted octanol–water partition coefficient (Wildman–Crippen LogP) is 1.81. The van der Waals surface area contributed by atoms with Gasteiger partial charge in [0.2, 0.25) is 0 Å². The second kappa shape index (κ2) is 6.10. The molecule has 0 spiro atoms. The van der Waals surface area contributed by atoms with Crippen LogP contribution in [0, 0.1) is 11.7 Å². The number of aromatic nitrogens is 1. The first kappa shape index (κ1) is 13.9. The fourth-order valence-electron chi connectivity index (χ4n) is 2.81. The molecule has 0 saturated heterocycles. The van der Waals surface area contributed by atoms with Gasteiger partial charge in [-0.25, -0.2) is 9.37 Å². The second-order valence-corrected chi connectivity index (χ2v) is 5.13. The van der Waals surface area contributed by atoms with Crippen molar-refractivity contribution in [2.24, 2.45) is 11.7 Å². The highest BCUT2D eigenvalue weighted by Crippen LogP contribution is 2.27. The van der Waals surface area contributed by atoms with Crippen molar-refractivity contribution in [3.63, 3.8) is 0 Å². The monoisotopic (exact) mass is 265 g/mol. The number of pyridine rings is 1. The van der Waals surface area contributed by atoms with Crippen molar-refractivity contribution < 1.29 is 9.18 Å². The SMILES string of the molecule is CN(C(=O)c1ccc(F)cn1)C1CCCCC1CN. The molecule has 5 heteroatoms. The number of nitrogens with zero attached hydrogens (tertiary/aromatic N) is 2. The topological polar surface area (TPSA) is 59.2 Å². The molecule has 1 amide bonds. The van der Waals surface area contributed by atoms with Crippen LogP contribution in [0.15, 0.2) is 18.3 Å². The summed E-state index contributed by atoms with van der Waals surface area (Å²) >= 11 is 0. The molecule has 1 aliphatic carbocycles. The molecule has 2 N–H and O–H groups in total. The number of rotatable bonds is 3. The Morgan fingerprint density at radius 3 is 2.84 bits per heavy atom. The quantitative estimate of drug-likeness (QED) is 0.906. The third-order valence-electron chi connectivity index (χ3n) is 3.94. The van der Waals surface area contributed by atoms with Crippen molar-refractivity contribution in [2.75, 3.05) is 13.6 Å². The van der Waals surface area contributed by atoms with Gasteiger partial charge in [0.15, 0.2) is 0 Å². The highest BCUT2D eigenvalue weighted by Gasteiger charge is 2.30. The van der Waals surface area contributed by atoms with Crippen molar-refractivity contribution >= 4 is 5.91 Å². The van der Waals surface area contributed by atoms with Gasteiger partial charge in [-0.15, -0.1) is 0 Å². The Morgan fingerprint density at radius 1 is 1.47 bits per heavy atom. The molecule has 2 rings (SSSR count). The molecular weight excluding hydrogens is 245 g/mol. The number of halogens is 1. The zero-order valence-electron chi connectivity index (χ0n) is 11.2. The maximum absolute atomic E-state index is 12.8. The van der Waals surface area contributed by atoms with Crippen LogP contribution in [0.4, 0.5) is 4.39 Å². The van der Waals surface area contributed by atoms with Gasteiger partial charge < -0.3 is 10.6 Å². The number of nitrogens with two attached hydrogens (primary N) is 1. The maximum atomic E-state index is 12.8. The van der Waals surface area contributed by atoms with Crippen molar-refractivity contribution in [3.8, 4) is 0 Å². The normalized spacial score (nSPS) is 23.1. The Balaban J connectivity index is 2.11. The van der Waals surface area contributed by atoms with E-state index in [0.29, 0.717) is 12.5 Å². The summed E-state index contributed by atoms with van der Waals surface area (Å²) in [5, 5.41) is 0. The van der Waals surface area contributed by atoms with Gasteiger partial charge in [0, 0.05) is 13.1 Å². The fourth-order valence-corrected chi connectivity index (χ4v) is 2.81. The lowest BCUT2D eigenvalue weighted by molar-refractivity contribution is 0.0614. The molecular formula is C14H20FN3O. The van der Waals surface area contributed by atoms with Crippen LogP contribution < -0.4 is 5.73 Å². The minimum Gasteiger partial charge on any atom is -0.337 e. The van der Waals surface area contributed by atoms with E-state index < -0.39 is 5.82 Å². The van der Waals surface area contributed by atoms with Gasteiger partial charge in [0.25, 0.3) is 5.91 Å². The number of hydrogen-bond donors (Lipinski definition) is 1. The van der Waals surface area contributed by atoms with Gasteiger partial charge in [-0.1, -0.05) is 12.8 Å². The van der Waals surface area contributed by atoms with Crippen LogP contribution >= 0.6 is 0 Å². The zero-order valence-corrected chi connectivity index (χ0v) is 11.2. The van der Waals surface area contributed by atoms with Gasteiger partial charge in [-0.2, -0.15) is 0 Å². The van der Waals surface area contributed by atoms with E-state index in [2.05, 4.69) is 4.98 Å². The summed E-state index contributed by atoms with van der Waals surface area (Å²) in [6.07, 6.45) is 5.41. The molecule has 0 bridgehead atoms. The third kappa shape index (κ3) is 3.10. The van der Waals surface area contributed by atoms with Crippen LogP contribution in [-0.4, -0.2) is 35.4 Å². The number of hydrogen-bond acceptors (Lipinski definition) is 3. The molecule has 1 heterocycles. The molecule has 1 fully saturated rings. The second-order valence-electron chi connectivity index (χ2n) is 5.13. The Bertz CT molecular complexity index is 435. The predicted molar refractivity (Wildman–Crippen MR) is 71.1 cm³/mol. The Morgan fingerprint density at radius 2 is 2.21 bits per heavy atom. The van der Waals surface area contributed by atoms with Crippen molar-refractivity contribution in [2.45, 2.75) is 31.7 Å². The lowest BCUT2D eigenvalue weighted by Crippen LogP contribution is -2.46. The van der Waals surface area contributed by atoms with Crippen molar-refractivity contribution in [3.05, 3.63) is 29.8 Å².